The molecule has 1 rings (SSSR count). The maximum atomic E-state index is 11.6. The zero-order valence-corrected chi connectivity index (χ0v) is 14.3. The van der Waals surface area contributed by atoms with Crippen LogP contribution in [-0.2, 0) is 9.59 Å². The third-order valence-electron chi connectivity index (χ3n) is 2.94. The lowest BCUT2D eigenvalue weighted by molar-refractivity contribution is -0.124. The van der Waals surface area contributed by atoms with Crippen molar-refractivity contribution in [3.05, 3.63) is 29.8 Å². The van der Waals surface area contributed by atoms with Gasteiger partial charge in [0, 0.05) is 6.42 Å². The van der Waals surface area contributed by atoms with E-state index in [4.69, 9.17) is 17.0 Å². The Kier molecular flexibility index (Phi) is 8.67. The number of carbonyl (C=O) groups excluding carboxylic acids is 2. The molecule has 0 spiro atoms. The van der Waals surface area contributed by atoms with Crippen LogP contribution in [0.2, 0.25) is 0 Å². The average Bonchev–Trinajstić information content (AvgIpc) is 2.51. The number of hydrogen-bond acceptors (Lipinski definition) is 4. The van der Waals surface area contributed by atoms with Crippen molar-refractivity contribution < 1.29 is 14.3 Å². The average molecular weight is 337 g/mol. The maximum Gasteiger partial charge on any atom is 0.276 e. The minimum Gasteiger partial charge on any atom is -0.484 e. The fraction of sp³-hybridized carbons (Fsp3) is 0.438. The lowest BCUT2D eigenvalue weighted by Crippen LogP contribution is -2.49. The Morgan fingerprint density at radius 1 is 1.17 bits per heavy atom. The van der Waals surface area contributed by atoms with E-state index < -0.39 is 5.91 Å². The molecule has 3 N–H and O–H groups in total. The van der Waals surface area contributed by atoms with Crippen molar-refractivity contribution >= 4 is 29.1 Å². The van der Waals surface area contributed by atoms with Gasteiger partial charge in [-0.3, -0.25) is 20.4 Å². The molecule has 126 valence electrons. The molecule has 0 aromatic heterocycles. The molecule has 6 nitrogen and oxygen atoms in total. The number of benzene rings is 1. The van der Waals surface area contributed by atoms with Crippen LogP contribution in [0.25, 0.3) is 0 Å². The molecule has 0 saturated carbocycles. The summed E-state index contributed by atoms with van der Waals surface area (Å²) in [7, 11) is 0. The summed E-state index contributed by atoms with van der Waals surface area (Å²) in [6, 6.07) is 7.40. The van der Waals surface area contributed by atoms with Crippen LogP contribution in [-0.4, -0.2) is 23.5 Å². The third kappa shape index (κ3) is 8.77. The molecule has 23 heavy (non-hydrogen) atoms. The Morgan fingerprint density at radius 3 is 2.65 bits per heavy atom. The van der Waals surface area contributed by atoms with Gasteiger partial charge in [-0.25, -0.2) is 0 Å². The van der Waals surface area contributed by atoms with Crippen LogP contribution in [0.15, 0.2) is 24.3 Å². The van der Waals surface area contributed by atoms with Crippen LogP contribution >= 0.6 is 12.2 Å². The standard InChI is InChI=1S/C16H23N3O3S/c1-3-4-5-9-14(20)17-16(23)19-18-15(21)11-22-13-8-6-7-12(2)10-13/h6-8,10H,3-5,9,11H2,1-2H3,(H,18,21)(H2,17,19,20,23). The largest absolute Gasteiger partial charge is 0.484 e. The van der Waals surface area contributed by atoms with Gasteiger partial charge in [-0.2, -0.15) is 0 Å². The molecule has 1 aromatic carbocycles. The van der Waals surface area contributed by atoms with Crippen molar-refractivity contribution in [1.29, 1.82) is 0 Å². The van der Waals surface area contributed by atoms with E-state index in [-0.39, 0.29) is 17.6 Å². The van der Waals surface area contributed by atoms with E-state index in [2.05, 4.69) is 23.1 Å². The molecule has 0 atom stereocenters. The summed E-state index contributed by atoms with van der Waals surface area (Å²) in [6.45, 7) is 3.86. The second-order valence-electron chi connectivity index (χ2n) is 5.11. The van der Waals surface area contributed by atoms with Crippen LogP contribution in [0, 0.1) is 6.92 Å². The molecule has 7 heteroatoms. The van der Waals surface area contributed by atoms with Crippen LogP contribution < -0.4 is 20.9 Å². The molecular formula is C16H23N3O3S. The first-order chi connectivity index (χ1) is 11.0. The van der Waals surface area contributed by atoms with Crippen molar-refractivity contribution in [1.82, 2.24) is 16.2 Å². The lowest BCUT2D eigenvalue weighted by atomic mass is 10.2. The first-order valence-corrected chi connectivity index (χ1v) is 8.00. The molecule has 0 saturated heterocycles. The van der Waals surface area contributed by atoms with Gasteiger partial charge >= 0.3 is 0 Å². The van der Waals surface area contributed by atoms with Gasteiger partial charge < -0.3 is 10.1 Å². The van der Waals surface area contributed by atoms with E-state index in [0.717, 1.165) is 24.8 Å². The van der Waals surface area contributed by atoms with E-state index >= 15 is 0 Å². The topological polar surface area (TPSA) is 79.5 Å². The Hall–Kier alpha value is -2.15. The summed E-state index contributed by atoms with van der Waals surface area (Å²) in [4.78, 5) is 23.2. The second-order valence-corrected chi connectivity index (χ2v) is 5.52. The van der Waals surface area contributed by atoms with Gasteiger partial charge in [0.25, 0.3) is 5.91 Å². The first kappa shape index (κ1) is 18.9. The molecule has 0 heterocycles. The first-order valence-electron chi connectivity index (χ1n) is 7.59. The maximum absolute atomic E-state index is 11.6. The van der Waals surface area contributed by atoms with Gasteiger partial charge in [0.05, 0.1) is 0 Å². The number of amides is 2. The van der Waals surface area contributed by atoms with Crippen LogP contribution in [0.5, 0.6) is 5.75 Å². The highest BCUT2D eigenvalue weighted by atomic mass is 32.1. The highest BCUT2D eigenvalue weighted by Crippen LogP contribution is 2.11. The number of aryl methyl sites for hydroxylation is 1. The molecule has 0 aliphatic heterocycles. The van der Waals surface area contributed by atoms with E-state index in [9.17, 15) is 9.59 Å². The number of nitrogens with one attached hydrogen (secondary N) is 3. The summed E-state index contributed by atoms with van der Waals surface area (Å²) < 4.78 is 5.34. The van der Waals surface area contributed by atoms with Gasteiger partial charge in [0.1, 0.15) is 5.75 Å². The number of rotatable bonds is 7. The SMILES string of the molecule is CCCCCC(=O)NC(=S)NNC(=O)COc1cccc(C)c1. The molecule has 0 radical (unpaired) electrons. The van der Waals surface area contributed by atoms with E-state index in [0.29, 0.717) is 12.2 Å². The van der Waals surface area contributed by atoms with E-state index in [1.807, 2.05) is 25.1 Å². The smallest absolute Gasteiger partial charge is 0.276 e. The predicted octanol–water partition coefficient (Wildman–Crippen LogP) is 1.98. The van der Waals surface area contributed by atoms with Crippen LogP contribution in [0.3, 0.4) is 0 Å². The van der Waals surface area contributed by atoms with Crippen LogP contribution in [0.4, 0.5) is 0 Å². The van der Waals surface area contributed by atoms with Gasteiger partial charge in [-0.1, -0.05) is 31.9 Å². The highest BCUT2D eigenvalue weighted by Gasteiger charge is 2.06. The van der Waals surface area contributed by atoms with Gasteiger partial charge in [0.2, 0.25) is 5.91 Å². The Labute approximate surface area is 141 Å². The number of hydrogen-bond donors (Lipinski definition) is 3. The molecule has 0 aliphatic carbocycles. The van der Waals surface area contributed by atoms with Gasteiger partial charge in [-0.15, -0.1) is 0 Å². The minimum atomic E-state index is -0.394. The fourth-order valence-electron chi connectivity index (χ4n) is 1.77. The molecule has 0 bridgehead atoms. The van der Waals surface area contributed by atoms with Gasteiger partial charge in [-0.05, 0) is 43.3 Å². The van der Waals surface area contributed by atoms with Crippen molar-refractivity contribution in [3.8, 4) is 5.75 Å². The molecular weight excluding hydrogens is 314 g/mol. The molecule has 0 aliphatic rings. The number of thiocarbonyl (C=S) groups is 1. The summed E-state index contributed by atoms with van der Waals surface area (Å²) in [6.07, 6.45) is 3.29. The molecule has 1 aromatic rings. The van der Waals surface area contributed by atoms with E-state index in [1.165, 1.54) is 0 Å². The summed E-state index contributed by atoms with van der Waals surface area (Å²) in [5.74, 6) is 0.0576. The normalized spacial score (nSPS) is 9.83. The minimum absolute atomic E-state index is 0.0652. The summed E-state index contributed by atoms with van der Waals surface area (Å²) >= 11 is 4.92. The number of unbranched alkanes of at least 4 members (excludes halogenated alkanes) is 2. The number of ether oxygens (including phenoxy) is 1. The quantitative estimate of drug-likeness (QED) is 0.403. The highest BCUT2D eigenvalue weighted by molar-refractivity contribution is 7.80. The van der Waals surface area contributed by atoms with Crippen LogP contribution in [0.1, 0.15) is 38.2 Å². The zero-order chi connectivity index (χ0) is 17.1. The zero-order valence-electron chi connectivity index (χ0n) is 13.5. The molecule has 0 fully saturated rings. The third-order valence-corrected chi connectivity index (χ3v) is 3.14. The van der Waals surface area contributed by atoms with E-state index in [1.54, 1.807) is 6.07 Å². The van der Waals surface area contributed by atoms with Crippen molar-refractivity contribution in [2.24, 2.45) is 0 Å². The van der Waals surface area contributed by atoms with Crippen molar-refractivity contribution in [2.45, 2.75) is 39.5 Å². The molecule has 0 unspecified atom stereocenters. The Bertz CT molecular complexity index is 549. The van der Waals surface area contributed by atoms with Gasteiger partial charge in [0.15, 0.2) is 11.7 Å². The van der Waals surface area contributed by atoms with Crippen molar-refractivity contribution in [3.63, 3.8) is 0 Å². The summed E-state index contributed by atoms with van der Waals surface area (Å²) in [5, 5.41) is 2.57. The monoisotopic (exact) mass is 337 g/mol. The molecule has 2 amide bonds. The predicted molar refractivity (Wildman–Crippen MR) is 92.8 cm³/mol. The fourth-order valence-corrected chi connectivity index (χ4v) is 1.94. The Morgan fingerprint density at radius 2 is 1.96 bits per heavy atom. The summed E-state index contributed by atoms with van der Waals surface area (Å²) in [5.41, 5.74) is 5.89. The lowest BCUT2D eigenvalue weighted by Gasteiger charge is -2.11. The number of hydrazine groups is 1. The second kappa shape index (κ2) is 10.6. The Balaban J connectivity index is 2.19. The number of carbonyl (C=O) groups is 2. The van der Waals surface area contributed by atoms with Crippen molar-refractivity contribution in [2.75, 3.05) is 6.61 Å².